The van der Waals surface area contributed by atoms with Gasteiger partial charge in [-0.25, -0.2) is 10.0 Å². The maximum absolute atomic E-state index is 13.4. The second-order valence-electron chi connectivity index (χ2n) is 8.41. The summed E-state index contributed by atoms with van der Waals surface area (Å²) in [7, 11) is 0. The van der Waals surface area contributed by atoms with Crippen molar-refractivity contribution in [3.8, 4) is 0 Å². The van der Waals surface area contributed by atoms with Crippen molar-refractivity contribution in [2.75, 3.05) is 0 Å². The summed E-state index contributed by atoms with van der Waals surface area (Å²) in [6, 6.07) is 10.1. The van der Waals surface area contributed by atoms with Crippen LogP contribution in [0.2, 0.25) is 0 Å². The topological polar surface area (TPSA) is 40.6 Å². The average molecular weight is 338 g/mol. The van der Waals surface area contributed by atoms with E-state index in [0.29, 0.717) is 30.7 Å². The van der Waals surface area contributed by atoms with E-state index >= 15 is 0 Å². The monoisotopic (exact) mass is 338 g/mol. The van der Waals surface area contributed by atoms with Gasteiger partial charge in [0.2, 0.25) is 11.8 Å². The average Bonchev–Trinajstić information content (AvgIpc) is 3.20. The maximum Gasteiger partial charge on any atom is 0.247 e. The molecule has 2 amide bonds. The summed E-state index contributed by atoms with van der Waals surface area (Å²) < 4.78 is 0. The van der Waals surface area contributed by atoms with Crippen molar-refractivity contribution in [1.29, 1.82) is 0 Å². The molecule has 4 atom stereocenters. The largest absolute Gasteiger partial charge is 0.273 e. The molecule has 25 heavy (non-hydrogen) atoms. The quantitative estimate of drug-likeness (QED) is 0.626. The summed E-state index contributed by atoms with van der Waals surface area (Å²) in [5, 5.41) is 3.46. The zero-order chi connectivity index (χ0) is 17.8. The third kappa shape index (κ3) is 2.63. The molecule has 1 saturated heterocycles. The molecule has 1 heterocycles. The molecule has 2 bridgehead atoms. The summed E-state index contributed by atoms with van der Waals surface area (Å²) in [6.07, 6.45) is 5.87. The number of hydrogen-bond acceptors (Lipinski definition) is 3. The lowest BCUT2D eigenvalue weighted by Crippen LogP contribution is -2.52. The number of nitrogens with zero attached hydrogens (tertiary/aromatic N) is 2. The van der Waals surface area contributed by atoms with Crippen molar-refractivity contribution in [2.45, 2.75) is 45.7 Å². The molecular formula is C21H26N2O2. The van der Waals surface area contributed by atoms with Crippen molar-refractivity contribution in [3.63, 3.8) is 0 Å². The Balaban J connectivity index is 1.63. The Morgan fingerprint density at radius 1 is 1.16 bits per heavy atom. The number of benzene rings is 1. The van der Waals surface area contributed by atoms with Crippen molar-refractivity contribution in [3.05, 3.63) is 48.0 Å². The van der Waals surface area contributed by atoms with Gasteiger partial charge in [-0.05, 0) is 43.6 Å². The second kappa shape index (κ2) is 5.80. The van der Waals surface area contributed by atoms with Crippen molar-refractivity contribution >= 4 is 11.8 Å². The Kier molecular flexibility index (Phi) is 3.84. The Morgan fingerprint density at radius 2 is 1.84 bits per heavy atom. The van der Waals surface area contributed by atoms with E-state index in [1.807, 2.05) is 49.2 Å². The number of imide groups is 1. The first-order chi connectivity index (χ1) is 11.9. The molecule has 2 aliphatic carbocycles. The molecular weight excluding hydrogens is 312 g/mol. The molecule has 132 valence electrons. The van der Waals surface area contributed by atoms with Gasteiger partial charge in [0.1, 0.15) is 0 Å². The van der Waals surface area contributed by atoms with Crippen LogP contribution in [0.5, 0.6) is 0 Å². The number of hydrogen-bond donors (Lipinski definition) is 0. The fraction of sp³-hybridized carbons (Fsp3) is 0.524. The van der Waals surface area contributed by atoms with Crippen LogP contribution in [0, 0.1) is 23.7 Å². The molecule has 3 aliphatic rings. The van der Waals surface area contributed by atoms with Gasteiger partial charge >= 0.3 is 0 Å². The first kappa shape index (κ1) is 16.5. The van der Waals surface area contributed by atoms with Gasteiger partial charge in [0.25, 0.3) is 0 Å². The second-order valence-corrected chi connectivity index (χ2v) is 8.41. The maximum atomic E-state index is 13.4. The molecule has 1 aromatic rings. The lowest BCUT2D eigenvalue weighted by Gasteiger charge is -2.38. The van der Waals surface area contributed by atoms with Crippen LogP contribution in [0.4, 0.5) is 0 Å². The van der Waals surface area contributed by atoms with E-state index < -0.39 is 0 Å². The van der Waals surface area contributed by atoms with Gasteiger partial charge in [0.05, 0.1) is 0 Å². The van der Waals surface area contributed by atoms with Crippen molar-refractivity contribution < 1.29 is 9.59 Å². The molecule has 1 aromatic carbocycles. The number of carbonyl (C=O) groups excluding carboxylic acids is 2. The smallest absolute Gasteiger partial charge is 0.247 e. The Labute approximate surface area is 149 Å². The van der Waals surface area contributed by atoms with E-state index in [-0.39, 0.29) is 23.3 Å². The molecule has 0 N–H and O–H groups in total. The predicted molar refractivity (Wildman–Crippen MR) is 95.9 cm³/mol. The summed E-state index contributed by atoms with van der Waals surface area (Å²) in [4.78, 5) is 26.1. The number of amides is 2. The molecule has 1 unspecified atom stereocenters. The van der Waals surface area contributed by atoms with Gasteiger partial charge in [0.15, 0.2) is 0 Å². The van der Waals surface area contributed by atoms with E-state index in [1.165, 1.54) is 5.01 Å². The Bertz CT molecular complexity index is 725. The lowest BCUT2D eigenvalue weighted by atomic mass is 9.83. The number of hydrazine groups is 1. The third-order valence-corrected chi connectivity index (χ3v) is 6.28. The summed E-state index contributed by atoms with van der Waals surface area (Å²) in [6.45, 7) is 6.83. The predicted octanol–water partition coefficient (Wildman–Crippen LogP) is 3.40. The number of fused-ring (bicyclic) bond motifs is 2. The highest BCUT2D eigenvalue weighted by Gasteiger charge is 2.53. The highest BCUT2D eigenvalue weighted by molar-refractivity contribution is 5.98. The third-order valence-electron chi connectivity index (χ3n) is 6.28. The molecule has 1 aliphatic heterocycles. The van der Waals surface area contributed by atoms with Gasteiger partial charge in [-0.3, -0.25) is 9.59 Å². The van der Waals surface area contributed by atoms with Gasteiger partial charge < -0.3 is 0 Å². The van der Waals surface area contributed by atoms with Crippen LogP contribution < -0.4 is 0 Å². The summed E-state index contributed by atoms with van der Waals surface area (Å²) >= 11 is 0. The van der Waals surface area contributed by atoms with E-state index in [1.54, 1.807) is 0 Å². The molecule has 4 nitrogen and oxygen atoms in total. The van der Waals surface area contributed by atoms with Crippen LogP contribution in [-0.4, -0.2) is 27.4 Å². The van der Waals surface area contributed by atoms with Crippen LogP contribution in [0.3, 0.4) is 0 Å². The van der Waals surface area contributed by atoms with Gasteiger partial charge in [0, 0.05) is 24.4 Å². The minimum atomic E-state index is -0.348. The zero-order valence-electron chi connectivity index (χ0n) is 15.2. The van der Waals surface area contributed by atoms with E-state index in [9.17, 15) is 9.59 Å². The van der Waals surface area contributed by atoms with Gasteiger partial charge in [-0.2, -0.15) is 0 Å². The summed E-state index contributed by atoms with van der Waals surface area (Å²) in [5.74, 6) is 0.972. The van der Waals surface area contributed by atoms with Crippen molar-refractivity contribution in [2.24, 2.45) is 23.7 Å². The summed E-state index contributed by atoms with van der Waals surface area (Å²) in [5.41, 5.74) is 0.767. The van der Waals surface area contributed by atoms with Crippen LogP contribution >= 0.6 is 0 Å². The fourth-order valence-corrected chi connectivity index (χ4v) is 4.84. The minimum Gasteiger partial charge on any atom is -0.273 e. The Morgan fingerprint density at radius 3 is 2.48 bits per heavy atom. The Hall–Kier alpha value is -1.94. The van der Waals surface area contributed by atoms with E-state index in [0.717, 1.165) is 12.0 Å². The molecule has 0 aromatic heterocycles. The standard InChI is InChI=1S/C21H26N2O2/c1-14-16-9-10-17(11-16)19(14)20(25)23-18(24)12-21(2,3)22(23)13-15-7-5-4-6-8-15/h4-10,14,16-17,19H,11-13H2,1-3H3/t14?,16-,17+,19-/m0/s1. The molecule has 2 fully saturated rings. The van der Waals surface area contributed by atoms with Crippen LogP contribution in [-0.2, 0) is 16.1 Å². The number of allylic oxidation sites excluding steroid dienone is 2. The normalized spacial score (nSPS) is 33.4. The lowest BCUT2D eigenvalue weighted by molar-refractivity contribution is -0.166. The highest BCUT2D eigenvalue weighted by atomic mass is 16.2. The van der Waals surface area contributed by atoms with E-state index in [2.05, 4.69) is 19.1 Å². The first-order valence-electron chi connectivity index (χ1n) is 9.25. The number of rotatable bonds is 3. The van der Waals surface area contributed by atoms with Gasteiger partial charge in [-0.15, -0.1) is 0 Å². The van der Waals surface area contributed by atoms with E-state index in [4.69, 9.17) is 0 Å². The van der Waals surface area contributed by atoms with Crippen LogP contribution in [0.1, 0.15) is 39.2 Å². The molecule has 4 rings (SSSR count). The molecule has 0 spiro atoms. The fourth-order valence-electron chi connectivity index (χ4n) is 4.84. The highest BCUT2D eigenvalue weighted by Crippen LogP contribution is 2.49. The molecule has 1 saturated carbocycles. The SMILES string of the molecule is CC1[C@H]2C=C[C@H](C2)[C@H]1C(=O)N1C(=O)CC(C)(C)N1Cc1ccccc1. The van der Waals surface area contributed by atoms with Gasteiger partial charge in [-0.1, -0.05) is 49.4 Å². The zero-order valence-corrected chi connectivity index (χ0v) is 15.2. The minimum absolute atomic E-state index is 0.00384. The molecule has 0 radical (unpaired) electrons. The van der Waals surface area contributed by atoms with Crippen molar-refractivity contribution in [1.82, 2.24) is 10.0 Å². The van der Waals surface area contributed by atoms with Crippen LogP contribution in [0.15, 0.2) is 42.5 Å². The first-order valence-corrected chi connectivity index (χ1v) is 9.25. The van der Waals surface area contributed by atoms with Crippen LogP contribution in [0.25, 0.3) is 0 Å². The number of carbonyl (C=O) groups is 2. The molecule has 4 heteroatoms.